The van der Waals surface area contributed by atoms with Crippen LogP contribution in [0.1, 0.15) is 178 Å². The van der Waals surface area contributed by atoms with Crippen LogP contribution in [0.15, 0.2) is 176 Å². The van der Waals surface area contributed by atoms with Crippen molar-refractivity contribution in [3.63, 3.8) is 0 Å². The van der Waals surface area contributed by atoms with E-state index in [0.29, 0.717) is 146 Å². The molecule has 27 nitrogen and oxygen atoms in total. The highest BCUT2D eigenvalue weighted by Gasteiger charge is 2.47. The number of likely N-dealkylation sites (tertiary alicyclic amines) is 3. The molecule has 29 heteroatoms. The van der Waals surface area contributed by atoms with E-state index >= 15 is 0 Å². The quantitative estimate of drug-likeness (QED) is 0.0118. The number of hydrogen-bond donors (Lipinski definition) is 8. The van der Waals surface area contributed by atoms with E-state index in [1.165, 1.54) is 22.3 Å². The molecular formula is C114H148N6O21Si2. The third-order valence-electron chi connectivity index (χ3n) is 31.1. The number of hydrogen-bond acceptors (Lipinski definition) is 23. The molecule has 768 valence electrons. The van der Waals surface area contributed by atoms with Crippen LogP contribution in [0.2, 0.25) is 36.3 Å². The van der Waals surface area contributed by atoms with Crippen LogP contribution in [-0.4, -0.2) is 240 Å². The van der Waals surface area contributed by atoms with Gasteiger partial charge in [0.25, 0.3) is 11.8 Å². The van der Waals surface area contributed by atoms with Gasteiger partial charge in [-0.05, 0) is 294 Å². The number of ketones is 2. The third kappa shape index (κ3) is 27.2. The minimum Gasteiger partial charge on any atom is -0.486 e. The van der Waals surface area contributed by atoms with Crippen molar-refractivity contribution in [1.82, 2.24) is 30.7 Å². The Kier molecular flexibility index (Phi) is 35.9. The number of aliphatic hydroxyl groups is 4. The molecule has 143 heavy (non-hydrogen) atoms. The first-order valence-corrected chi connectivity index (χ1v) is 57.5. The number of rotatable bonds is 30. The molecule has 3 amide bonds. The number of aliphatic carboxylic acids is 1. The summed E-state index contributed by atoms with van der Waals surface area (Å²) in [4.78, 5) is 95.8. The summed E-state index contributed by atoms with van der Waals surface area (Å²) in [5.74, 6) is -0.709. The van der Waals surface area contributed by atoms with Crippen molar-refractivity contribution in [1.29, 1.82) is 0 Å². The average molecular weight is 1990 g/mol. The summed E-state index contributed by atoms with van der Waals surface area (Å²) in [5, 5.41) is 59.7. The van der Waals surface area contributed by atoms with E-state index in [1.54, 1.807) is 25.1 Å². The SMILES string of the molecule is CC(C)(C)[Si](C)(C)O[C@H](c1ccc2c(c1)OCCO2)[C@@H](CN1CCCC1)NC(=O)C(=O)C1Cc2ccccc2C1.CC(C)(C)[Si](C)(C)O[C@H](c1ccc2c(c1)OCCO2)[C@@H](CN1CCCC1)NC(=O)C(O)C1Cc2ccccc2C1.CCOC(=O)C(O)C1Cc2ccccc2C1.O=C(N[C@H](CN1CCCC1)[C@H](O)c1ccc2c(c1)OCCO2)C(=O)C1Cc2ccccc2C1.O=C(O)C(O)C1Cc2ccccc2C1. The number of carboxylic acid groups (broad SMARTS) is 1. The fourth-order valence-electron chi connectivity index (χ4n) is 21.0. The van der Waals surface area contributed by atoms with E-state index in [1.807, 2.05) is 133 Å². The largest absolute Gasteiger partial charge is 0.486 e. The predicted molar refractivity (Wildman–Crippen MR) is 551 cm³/mol. The number of benzene rings is 8. The van der Waals surface area contributed by atoms with Gasteiger partial charge in [0, 0.05) is 49.2 Å². The zero-order valence-corrected chi connectivity index (χ0v) is 87.1. The Morgan fingerprint density at radius 2 is 0.636 bits per heavy atom. The minimum absolute atomic E-state index is 0.0175. The molecule has 3 fully saturated rings. The molecule has 5 aliphatic carbocycles. The zero-order chi connectivity index (χ0) is 101. The van der Waals surface area contributed by atoms with Crippen LogP contribution >= 0.6 is 0 Å². The first kappa shape index (κ1) is 107. The number of nitrogens with one attached hydrogen (secondary N) is 3. The monoisotopic (exact) mass is 1990 g/mol. The van der Waals surface area contributed by atoms with E-state index in [9.17, 15) is 54.0 Å². The van der Waals surface area contributed by atoms with Gasteiger partial charge in [-0.2, -0.15) is 0 Å². The molecule has 9 atom stereocenters. The Morgan fingerprint density at radius 1 is 0.364 bits per heavy atom. The minimum atomic E-state index is -2.28. The molecule has 8 aromatic rings. The normalized spacial score (nSPS) is 19.2. The number of nitrogens with zero attached hydrogens (tertiary/aromatic N) is 3. The number of esters is 1. The maximum Gasteiger partial charge on any atom is 0.335 e. The molecule has 8 N–H and O–H groups in total. The van der Waals surface area contributed by atoms with Crippen LogP contribution in [0.3, 0.4) is 0 Å². The lowest BCUT2D eigenvalue weighted by Crippen LogP contribution is -2.54. The molecule has 0 aromatic heterocycles. The second kappa shape index (κ2) is 48.1. The van der Waals surface area contributed by atoms with Crippen molar-refractivity contribution in [3.8, 4) is 34.5 Å². The lowest BCUT2D eigenvalue weighted by molar-refractivity contribution is -0.156. The van der Waals surface area contributed by atoms with Crippen molar-refractivity contribution >= 4 is 57.9 Å². The van der Waals surface area contributed by atoms with Gasteiger partial charge in [0.05, 0.1) is 36.9 Å². The lowest BCUT2D eigenvalue weighted by atomic mass is 9.96. The van der Waals surface area contributed by atoms with Crippen molar-refractivity contribution in [3.05, 3.63) is 248 Å². The van der Waals surface area contributed by atoms with Gasteiger partial charge in [-0.15, -0.1) is 0 Å². The summed E-state index contributed by atoms with van der Waals surface area (Å²) in [6.45, 7) is 35.0. The molecule has 8 aromatic carbocycles. The third-order valence-corrected chi connectivity index (χ3v) is 40.0. The zero-order valence-electron chi connectivity index (χ0n) is 85.1. The van der Waals surface area contributed by atoms with Gasteiger partial charge in [0.2, 0.25) is 17.5 Å². The van der Waals surface area contributed by atoms with Crippen molar-refractivity contribution in [2.45, 2.75) is 242 Å². The van der Waals surface area contributed by atoms with Crippen molar-refractivity contribution in [2.24, 2.45) is 29.6 Å². The molecule has 6 heterocycles. The van der Waals surface area contributed by atoms with Gasteiger partial charge in [0.15, 0.2) is 63.3 Å². The van der Waals surface area contributed by atoms with Gasteiger partial charge in [-0.3, -0.25) is 24.0 Å². The average Bonchev–Trinajstić information content (AvgIpc) is 1.79. The van der Waals surface area contributed by atoms with Gasteiger partial charge < -0.3 is 98.2 Å². The fraction of sp³-hybridized carbons (Fsp3) is 0.518. The highest BCUT2D eigenvalue weighted by molar-refractivity contribution is 6.74. The maximum atomic E-state index is 13.7. The number of Topliss-reactive ketones (excluding diaryl/α,β-unsaturated/α-hetero) is 2. The van der Waals surface area contributed by atoms with E-state index in [4.69, 9.17) is 47.1 Å². The summed E-state index contributed by atoms with van der Waals surface area (Å²) in [6.07, 6.45) is 8.36. The van der Waals surface area contributed by atoms with Gasteiger partial charge >= 0.3 is 11.9 Å². The van der Waals surface area contributed by atoms with E-state index < -0.39 is 94.9 Å². The summed E-state index contributed by atoms with van der Waals surface area (Å²) in [5.41, 5.74) is 14.4. The van der Waals surface area contributed by atoms with E-state index in [0.717, 1.165) is 147 Å². The standard InChI is InChI=1S/C32H46N2O5Si.C32H44N2O5Si.C26H30N2O5.C13H16O3.C11H12O3/c2*1-32(2,3)40(4,5)39-30(24-12-13-27-28(20-24)38-17-16-37-27)26(21-34-14-8-9-15-34)33-31(36)29(35)25-18-22-10-6-7-11-23(22)19-25;29-24(19-7-8-22-23(15-19)33-12-11-32-22)21(16-28-9-3-4-10-28)27-26(31)25(30)20-13-17-5-1-2-6-18(17)14-20;1-2-16-13(15)12(14)11-7-9-5-3-4-6-10(9)8-11;12-10(11(13)14)9-5-7-3-1-2-4-8(7)6-9/h6-7,10-13,20,25-26,29-30,35H,8-9,14-19,21H2,1-5H3,(H,33,36);6-7,10-13,20,25-26,30H,8-9,14-19,21H2,1-5H3,(H,33,36);1-2,5-8,15,20-21,24,29H,3-4,9-14,16H2,(H,27,31);3-6,11-12,14H,2,7-8H2,1H3;1-4,9-10,12H,5-6H2,(H,13,14)/t26-,29?,30-;26-,30-;21-,24-;;/m111../s1. The molecule has 6 aliphatic heterocycles. The van der Waals surface area contributed by atoms with Gasteiger partial charge in [0.1, 0.15) is 51.8 Å². The smallest absolute Gasteiger partial charge is 0.335 e. The molecule has 0 spiro atoms. The summed E-state index contributed by atoms with van der Waals surface area (Å²) >= 11 is 0. The van der Waals surface area contributed by atoms with Crippen LogP contribution in [0.4, 0.5) is 0 Å². The molecule has 3 saturated heterocycles. The highest BCUT2D eigenvalue weighted by atomic mass is 28.4. The van der Waals surface area contributed by atoms with Gasteiger partial charge in [-0.1, -0.05) is 181 Å². The van der Waals surface area contributed by atoms with Crippen molar-refractivity contribution < 1.29 is 101 Å². The molecule has 0 radical (unpaired) electrons. The number of carboxylic acids is 1. The van der Waals surface area contributed by atoms with Crippen LogP contribution in [0.25, 0.3) is 0 Å². The van der Waals surface area contributed by atoms with E-state index in [2.05, 4.69) is 123 Å². The molecule has 3 unspecified atom stereocenters. The number of fused-ring (bicyclic) bond motifs is 8. The highest BCUT2D eigenvalue weighted by Crippen LogP contribution is 2.47. The molecule has 11 aliphatic rings. The second-order valence-electron chi connectivity index (χ2n) is 43.3. The Balaban J connectivity index is 0.000000141. The van der Waals surface area contributed by atoms with Crippen molar-refractivity contribution in [2.75, 3.05) is 105 Å². The van der Waals surface area contributed by atoms with Crippen LogP contribution in [0.5, 0.6) is 34.5 Å². The predicted octanol–water partition coefficient (Wildman–Crippen LogP) is 14.2. The number of aliphatic hydroxyl groups excluding tert-OH is 4. The second-order valence-corrected chi connectivity index (χ2v) is 52.8. The molecule has 0 bridgehead atoms. The van der Waals surface area contributed by atoms with Crippen LogP contribution in [-0.2, 0) is 111 Å². The first-order valence-electron chi connectivity index (χ1n) is 51.7. The molecular weight excluding hydrogens is 1850 g/mol. The number of amides is 3. The Labute approximate surface area is 844 Å². The number of carbonyl (C=O) groups is 7. The maximum absolute atomic E-state index is 13.7. The number of carbonyl (C=O) groups excluding carboxylic acids is 6. The molecule has 0 saturated carbocycles. The number of ether oxygens (including phenoxy) is 7. The molecule has 19 rings (SSSR count). The van der Waals surface area contributed by atoms with Crippen LogP contribution < -0.4 is 44.4 Å². The van der Waals surface area contributed by atoms with Gasteiger partial charge in [-0.25, -0.2) is 9.59 Å². The summed E-state index contributed by atoms with van der Waals surface area (Å²) in [7, 11) is -4.53. The first-order chi connectivity index (χ1) is 68.5. The summed E-state index contributed by atoms with van der Waals surface area (Å²) < 4.78 is 53.7. The lowest BCUT2D eigenvalue weighted by Gasteiger charge is -2.42. The van der Waals surface area contributed by atoms with E-state index in [-0.39, 0.29) is 57.4 Å². The summed E-state index contributed by atoms with van der Waals surface area (Å²) in [6, 6.07) is 56.2. The topological polar surface area (TPSA) is 350 Å². The Hall–Kier alpha value is -10.7. The fourth-order valence-corrected chi connectivity index (χ4v) is 23.6. The van der Waals surface area contributed by atoms with Crippen LogP contribution in [0, 0.1) is 29.6 Å². The Morgan fingerprint density at radius 3 is 0.951 bits per heavy atom. The Bertz CT molecular complexity index is 5600.